The lowest BCUT2D eigenvalue weighted by molar-refractivity contribution is -0.136. The fourth-order valence-corrected chi connectivity index (χ4v) is 3.82. The number of amides is 1. The Morgan fingerprint density at radius 1 is 1.11 bits per heavy atom. The zero-order valence-corrected chi connectivity index (χ0v) is 17.4. The molecular weight excluding hydrogens is 342 g/mol. The molecule has 0 aliphatic carbocycles. The first-order chi connectivity index (χ1) is 12.7. The van der Waals surface area contributed by atoms with Crippen molar-refractivity contribution in [2.24, 2.45) is 0 Å². The Hall–Kier alpha value is -2.08. The summed E-state index contributed by atoms with van der Waals surface area (Å²) in [7, 11) is 1.39. The summed E-state index contributed by atoms with van der Waals surface area (Å²) in [6.07, 6.45) is 0. The second-order valence-corrected chi connectivity index (χ2v) is 7.79. The molecular formula is C21H33N3O3. The van der Waals surface area contributed by atoms with Crippen LogP contribution in [-0.2, 0) is 9.53 Å². The van der Waals surface area contributed by atoms with Crippen LogP contribution in [0.25, 0.3) is 0 Å². The minimum Gasteiger partial charge on any atom is -0.465 e. The molecule has 27 heavy (non-hydrogen) atoms. The lowest BCUT2D eigenvalue weighted by Crippen LogP contribution is -2.56. The first-order valence-corrected chi connectivity index (χ1v) is 9.73. The van der Waals surface area contributed by atoms with Crippen LogP contribution in [0.3, 0.4) is 0 Å². The van der Waals surface area contributed by atoms with Gasteiger partial charge in [-0.05, 0) is 58.9 Å². The second-order valence-electron chi connectivity index (χ2n) is 7.79. The average molecular weight is 376 g/mol. The summed E-state index contributed by atoms with van der Waals surface area (Å²) >= 11 is 0. The number of hydrogen-bond acceptors (Lipinski definition) is 5. The predicted octanol–water partition coefficient (Wildman–Crippen LogP) is 2.63. The van der Waals surface area contributed by atoms with E-state index in [1.54, 1.807) is 12.1 Å². The molecule has 0 aromatic heterocycles. The van der Waals surface area contributed by atoms with Crippen molar-refractivity contribution >= 4 is 17.6 Å². The van der Waals surface area contributed by atoms with Crippen LogP contribution >= 0.6 is 0 Å². The van der Waals surface area contributed by atoms with Gasteiger partial charge >= 0.3 is 5.97 Å². The molecule has 1 aromatic carbocycles. The summed E-state index contributed by atoms with van der Waals surface area (Å²) in [5.74, 6) is -0.124. The monoisotopic (exact) mass is 375 g/mol. The standard InChI is InChI=1S/C21H33N3O3/c1-15(2)24(16(3)4)20(25)14-22-11-12-23(13-17(22)5)19-9-7-18(8-10-19)21(26)27-6/h7-10,15-17H,11-14H2,1-6H3. The van der Waals surface area contributed by atoms with Crippen LogP contribution in [0.5, 0.6) is 0 Å². The number of hydrogen-bond donors (Lipinski definition) is 0. The summed E-state index contributed by atoms with van der Waals surface area (Å²) in [5, 5.41) is 0. The molecule has 0 spiro atoms. The van der Waals surface area contributed by atoms with Crippen LogP contribution in [0.2, 0.25) is 0 Å². The number of esters is 1. The Labute approximate surface area is 163 Å². The third-order valence-electron chi connectivity index (χ3n) is 5.16. The molecule has 1 aromatic rings. The molecule has 0 radical (unpaired) electrons. The van der Waals surface area contributed by atoms with Gasteiger partial charge in [-0.3, -0.25) is 9.69 Å². The highest BCUT2D eigenvalue weighted by atomic mass is 16.5. The Morgan fingerprint density at radius 2 is 1.70 bits per heavy atom. The van der Waals surface area contributed by atoms with Crippen molar-refractivity contribution in [2.75, 3.05) is 38.2 Å². The van der Waals surface area contributed by atoms with Crippen LogP contribution < -0.4 is 4.90 Å². The van der Waals surface area contributed by atoms with Gasteiger partial charge in [-0.1, -0.05) is 0 Å². The predicted molar refractivity (Wildman–Crippen MR) is 108 cm³/mol. The molecule has 6 heteroatoms. The summed E-state index contributed by atoms with van der Waals surface area (Å²) in [6.45, 7) is 13.5. The van der Waals surface area contributed by atoms with Crippen molar-refractivity contribution < 1.29 is 14.3 Å². The maximum Gasteiger partial charge on any atom is 0.337 e. The van der Waals surface area contributed by atoms with Crippen molar-refractivity contribution in [3.05, 3.63) is 29.8 Å². The molecule has 1 fully saturated rings. The van der Waals surface area contributed by atoms with E-state index in [2.05, 4.69) is 44.4 Å². The minimum absolute atomic E-state index is 0.197. The Morgan fingerprint density at radius 3 is 2.19 bits per heavy atom. The van der Waals surface area contributed by atoms with Crippen molar-refractivity contribution in [1.82, 2.24) is 9.80 Å². The third kappa shape index (κ3) is 5.22. The molecule has 1 aliphatic rings. The van der Waals surface area contributed by atoms with E-state index in [1.165, 1.54) is 7.11 Å². The zero-order valence-electron chi connectivity index (χ0n) is 17.4. The van der Waals surface area contributed by atoms with Crippen LogP contribution in [0, 0.1) is 0 Å². The normalized spacial score (nSPS) is 18.1. The fraction of sp³-hybridized carbons (Fsp3) is 0.619. The second kappa shape index (κ2) is 9.22. The number of benzene rings is 1. The van der Waals surface area contributed by atoms with E-state index in [-0.39, 0.29) is 30.0 Å². The van der Waals surface area contributed by atoms with Gasteiger partial charge in [0, 0.05) is 43.4 Å². The van der Waals surface area contributed by atoms with Gasteiger partial charge in [0.1, 0.15) is 0 Å². The summed E-state index contributed by atoms with van der Waals surface area (Å²) < 4.78 is 4.75. The van der Waals surface area contributed by atoms with E-state index in [9.17, 15) is 9.59 Å². The topological polar surface area (TPSA) is 53.1 Å². The Kier molecular flexibility index (Phi) is 7.25. The van der Waals surface area contributed by atoms with Gasteiger partial charge < -0.3 is 14.5 Å². The van der Waals surface area contributed by atoms with Crippen LogP contribution in [0.4, 0.5) is 5.69 Å². The molecule has 1 aliphatic heterocycles. The highest BCUT2D eigenvalue weighted by molar-refractivity contribution is 5.89. The van der Waals surface area contributed by atoms with Gasteiger partial charge in [0.25, 0.3) is 0 Å². The molecule has 1 heterocycles. The van der Waals surface area contributed by atoms with Crippen molar-refractivity contribution in [3.8, 4) is 0 Å². The molecule has 0 N–H and O–H groups in total. The highest BCUT2D eigenvalue weighted by Gasteiger charge is 2.28. The van der Waals surface area contributed by atoms with Crippen molar-refractivity contribution in [2.45, 2.75) is 52.7 Å². The molecule has 1 amide bonds. The molecule has 1 atom stereocenters. The van der Waals surface area contributed by atoms with Gasteiger partial charge in [0.2, 0.25) is 5.91 Å². The van der Waals surface area contributed by atoms with Crippen LogP contribution in [0.15, 0.2) is 24.3 Å². The molecule has 150 valence electrons. The first kappa shape index (κ1) is 21.2. The maximum atomic E-state index is 12.7. The van der Waals surface area contributed by atoms with Gasteiger partial charge in [-0.2, -0.15) is 0 Å². The minimum atomic E-state index is -0.321. The molecule has 2 rings (SSSR count). The Balaban J connectivity index is 1.97. The van der Waals surface area contributed by atoms with Crippen LogP contribution in [-0.4, -0.2) is 73.1 Å². The fourth-order valence-electron chi connectivity index (χ4n) is 3.82. The number of ether oxygens (including phenoxy) is 1. The molecule has 0 bridgehead atoms. The molecule has 1 saturated heterocycles. The molecule has 0 saturated carbocycles. The number of carbonyl (C=O) groups is 2. The summed E-state index contributed by atoms with van der Waals surface area (Å²) in [5.41, 5.74) is 1.65. The number of anilines is 1. The Bertz CT molecular complexity index is 635. The van der Waals surface area contributed by atoms with Gasteiger partial charge in [0.15, 0.2) is 0 Å². The first-order valence-electron chi connectivity index (χ1n) is 9.73. The lowest BCUT2D eigenvalue weighted by atomic mass is 10.1. The average Bonchev–Trinajstić information content (AvgIpc) is 2.62. The van der Waals surface area contributed by atoms with Gasteiger partial charge in [-0.15, -0.1) is 0 Å². The van der Waals surface area contributed by atoms with E-state index in [0.29, 0.717) is 12.1 Å². The van der Waals surface area contributed by atoms with E-state index in [1.807, 2.05) is 17.0 Å². The molecule has 1 unspecified atom stereocenters. The van der Waals surface area contributed by atoms with Crippen molar-refractivity contribution in [3.63, 3.8) is 0 Å². The lowest BCUT2D eigenvalue weighted by Gasteiger charge is -2.42. The number of carbonyl (C=O) groups excluding carboxylic acids is 2. The summed E-state index contributed by atoms with van der Waals surface area (Å²) in [4.78, 5) is 30.8. The van der Waals surface area contributed by atoms with Crippen LogP contribution in [0.1, 0.15) is 45.0 Å². The summed E-state index contributed by atoms with van der Waals surface area (Å²) in [6, 6.07) is 8.21. The van der Waals surface area contributed by atoms with Gasteiger partial charge in [0.05, 0.1) is 19.2 Å². The quantitative estimate of drug-likeness (QED) is 0.716. The van der Waals surface area contributed by atoms with E-state index >= 15 is 0 Å². The van der Waals surface area contributed by atoms with Crippen molar-refractivity contribution in [1.29, 1.82) is 0 Å². The number of rotatable bonds is 6. The SMILES string of the molecule is COC(=O)c1ccc(N2CCN(CC(=O)N(C(C)C)C(C)C)C(C)C2)cc1. The van der Waals surface area contributed by atoms with E-state index in [0.717, 1.165) is 25.3 Å². The third-order valence-corrected chi connectivity index (χ3v) is 5.16. The van der Waals surface area contributed by atoms with Gasteiger partial charge in [-0.25, -0.2) is 4.79 Å². The number of nitrogens with zero attached hydrogens (tertiary/aromatic N) is 3. The number of methoxy groups -OCH3 is 1. The van der Waals surface area contributed by atoms with E-state index in [4.69, 9.17) is 4.74 Å². The maximum absolute atomic E-state index is 12.7. The zero-order chi connectivity index (χ0) is 20.1. The highest BCUT2D eigenvalue weighted by Crippen LogP contribution is 2.20. The smallest absolute Gasteiger partial charge is 0.337 e. The van der Waals surface area contributed by atoms with E-state index < -0.39 is 0 Å². The number of piperazine rings is 1. The molecule has 6 nitrogen and oxygen atoms in total. The largest absolute Gasteiger partial charge is 0.465 e.